The standard InChI is InChI=1S/C26H23N5O3/c1-16-6-5-7-20-17(2)12-23(29-25(16)20)31-26(19(14-27)15-28-31)30-24(32)11-9-18-8-10-21(33-3)22(13-18)34-4/h5-13,15H,1-4H3,(H,30,32)/b11-9+. The summed E-state index contributed by atoms with van der Waals surface area (Å²) in [5.41, 5.74) is 3.88. The van der Waals surface area contributed by atoms with Crippen LogP contribution in [-0.2, 0) is 4.79 Å². The first-order valence-electron chi connectivity index (χ1n) is 10.5. The highest BCUT2D eigenvalue weighted by molar-refractivity contribution is 6.02. The van der Waals surface area contributed by atoms with E-state index in [1.54, 1.807) is 38.5 Å². The van der Waals surface area contributed by atoms with Crippen LogP contribution >= 0.6 is 0 Å². The van der Waals surface area contributed by atoms with E-state index < -0.39 is 5.91 Å². The molecule has 0 saturated heterocycles. The number of ether oxygens (including phenoxy) is 2. The van der Waals surface area contributed by atoms with Gasteiger partial charge >= 0.3 is 0 Å². The number of hydrogen-bond acceptors (Lipinski definition) is 6. The summed E-state index contributed by atoms with van der Waals surface area (Å²) in [5.74, 6) is 1.51. The molecule has 0 saturated carbocycles. The maximum absolute atomic E-state index is 12.7. The van der Waals surface area contributed by atoms with E-state index in [-0.39, 0.29) is 11.4 Å². The third kappa shape index (κ3) is 4.32. The number of carbonyl (C=O) groups excluding carboxylic acids is 1. The van der Waals surface area contributed by atoms with Gasteiger partial charge in [-0.3, -0.25) is 4.79 Å². The molecule has 0 unspecified atom stereocenters. The van der Waals surface area contributed by atoms with Crippen molar-refractivity contribution in [1.82, 2.24) is 14.8 Å². The van der Waals surface area contributed by atoms with Gasteiger partial charge in [0.25, 0.3) is 0 Å². The lowest BCUT2D eigenvalue weighted by Crippen LogP contribution is -2.14. The molecule has 0 aliphatic rings. The fraction of sp³-hybridized carbons (Fsp3) is 0.154. The molecule has 0 spiro atoms. The van der Waals surface area contributed by atoms with Gasteiger partial charge in [-0.2, -0.15) is 15.0 Å². The minimum Gasteiger partial charge on any atom is -0.493 e. The van der Waals surface area contributed by atoms with Crippen LogP contribution in [0.3, 0.4) is 0 Å². The van der Waals surface area contributed by atoms with Gasteiger partial charge in [-0.1, -0.05) is 24.3 Å². The number of rotatable bonds is 6. The number of nitrogens with zero attached hydrogens (tertiary/aromatic N) is 4. The first-order chi connectivity index (χ1) is 16.4. The Morgan fingerprint density at radius 2 is 1.88 bits per heavy atom. The number of methoxy groups -OCH3 is 2. The summed E-state index contributed by atoms with van der Waals surface area (Å²) in [4.78, 5) is 17.5. The number of benzene rings is 2. The molecule has 1 N–H and O–H groups in total. The summed E-state index contributed by atoms with van der Waals surface area (Å²) in [7, 11) is 3.11. The van der Waals surface area contributed by atoms with Crippen molar-refractivity contribution in [1.29, 1.82) is 5.26 Å². The minimum absolute atomic E-state index is 0.234. The molecule has 0 aliphatic carbocycles. The number of para-hydroxylation sites is 1. The molecule has 4 aromatic rings. The molecule has 8 heteroatoms. The average molecular weight is 454 g/mol. The van der Waals surface area contributed by atoms with Crippen LogP contribution < -0.4 is 14.8 Å². The van der Waals surface area contributed by atoms with E-state index in [0.29, 0.717) is 17.3 Å². The summed E-state index contributed by atoms with van der Waals surface area (Å²) in [6.45, 7) is 3.98. The Kier molecular flexibility index (Phi) is 6.28. The predicted octanol–water partition coefficient (Wildman–Crippen LogP) is 4.58. The number of nitrogens with one attached hydrogen (secondary N) is 1. The van der Waals surface area contributed by atoms with Crippen molar-refractivity contribution in [2.75, 3.05) is 19.5 Å². The highest BCUT2D eigenvalue weighted by Crippen LogP contribution is 2.28. The molecule has 8 nitrogen and oxygen atoms in total. The second-order valence-corrected chi connectivity index (χ2v) is 7.64. The molecule has 34 heavy (non-hydrogen) atoms. The molecular weight excluding hydrogens is 430 g/mol. The number of fused-ring (bicyclic) bond motifs is 1. The minimum atomic E-state index is -0.415. The van der Waals surface area contributed by atoms with Crippen LogP contribution in [0.2, 0.25) is 0 Å². The van der Waals surface area contributed by atoms with Gasteiger partial charge in [0.05, 0.1) is 25.9 Å². The Hall–Kier alpha value is -4.64. The van der Waals surface area contributed by atoms with Crippen molar-refractivity contribution in [3.8, 4) is 23.4 Å². The molecule has 2 heterocycles. The van der Waals surface area contributed by atoms with E-state index in [1.807, 2.05) is 38.1 Å². The summed E-state index contributed by atoms with van der Waals surface area (Å²) in [5, 5.41) is 17.7. The Balaban J connectivity index is 1.65. The molecule has 2 aromatic carbocycles. The molecule has 2 aromatic heterocycles. The highest BCUT2D eigenvalue weighted by atomic mass is 16.5. The van der Waals surface area contributed by atoms with Crippen molar-refractivity contribution in [3.63, 3.8) is 0 Å². The number of aromatic nitrogens is 3. The summed E-state index contributed by atoms with van der Waals surface area (Å²) >= 11 is 0. The molecule has 0 radical (unpaired) electrons. The summed E-state index contributed by atoms with van der Waals surface area (Å²) in [6.07, 6.45) is 4.43. The predicted molar refractivity (Wildman–Crippen MR) is 130 cm³/mol. The van der Waals surface area contributed by atoms with Crippen LogP contribution in [0, 0.1) is 25.2 Å². The zero-order chi connectivity index (χ0) is 24.2. The van der Waals surface area contributed by atoms with Crippen molar-refractivity contribution in [2.24, 2.45) is 0 Å². The number of anilines is 1. The normalized spacial score (nSPS) is 10.9. The lowest BCUT2D eigenvalue weighted by Gasteiger charge is -2.11. The van der Waals surface area contributed by atoms with Gasteiger partial charge in [-0.15, -0.1) is 0 Å². The fourth-order valence-electron chi connectivity index (χ4n) is 3.66. The summed E-state index contributed by atoms with van der Waals surface area (Å²) < 4.78 is 12.0. The Labute approximate surface area is 197 Å². The number of pyridine rings is 1. The van der Waals surface area contributed by atoms with Gasteiger partial charge in [-0.05, 0) is 54.8 Å². The molecule has 0 atom stereocenters. The van der Waals surface area contributed by atoms with Crippen molar-refractivity contribution >= 4 is 28.7 Å². The Morgan fingerprint density at radius 1 is 1.09 bits per heavy atom. The van der Waals surface area contributed by atoms with Gasteiger partial charge in [-0.25, -0.2) is 4.98 Å². The Bertz CT molecular complexity index is 1460. The van der Waals surface area contributed by atoms with E-state index in [2.05, 4.69) is 16.5 Å². The maximum Gasteiger partial charge on any atom is 0.249 e. The van der Waals surface area contributed by atoms with Crippen LogP contribution in [0.25, 0.3) is 22.8 Å². The van der Waals surface area contributed by atoms with Crippen molar-refractivity contribution < 1.29 is 14.3 Å². The SMILES string of the molecule is COc1ccc(/C=C/C(=O)Nc2c(C#N)cnn2-c2cc(C)c3cccc(C)c3n2)cc1OC. The van der Waals surface area contributed by atoms with Gasteiger partial charge in [0, 0.05) is 11.5 Å². The Morgan fingerprint density at radius 3 is 2.62 bits per heavy atom. The highest BCUT2D eigenvalue weighted by Gasteiger charge is 2.16. The van der Waals surface area contributed by atoms with Gasteiger partial charge in [0.2, 0.25) is 5.91 Å². The molecule has 0 bridgehead atoms. The quantitative estimate of drug-likeness (QED) is 0.429. The molecule has 0 aliphatic heterocycles. The van der Waals surface area contributed by atoms with Crippen molar-refractivity contribution in [3.05, 3.63) is 77.0 Å². The zero-order valence-electron chi connectivity index (χ0n) is 19.3. The van der Waals surface area contributed by atoms with Gasteiger partial charge in [0.1, 0.15) is 11.6 Å². The first kappa shape index (κ1) is 22.6. The fourth-order valence-corrected chi connectivity index (χ4v) is 3.66. The second kappa shape index (κ2) is 9.46. The zero-order valence-corrected chi connectivity index (χ0v) is 19.3. The van der Waals surface area contributed by atoms with Crippen LogP contribution in [0.15, 0.2) is 54.7 Å². The van der Waals surface area contributed by atoms with Crippen molar-refractivity contribution in [2.45, 2.75) is 13.8 Å². The molecule has 170 valence electrons. The topological polar surface area (TPSA) is 102 Å². The van der Waals surface area contributed by atoms with E-state index in [4.69, 9.17) is 14.5 Å². The number of hydrogen-bond donors (Lipinski definition) is 1. The molecule has 1 amide bonds. The third-order valence-electron chi connectivity index (χ3n) is 5.42. The average Bonchev–Trinajstić information content (AvgIpc) is 3.25. The van der Waals surface area contributed by atoms with Crippen LogP contribution in [0.1, 0.15) is 22.3 Å². The largest absolute Gasteiger partial charge is 0.493 e. The van der Waals surface area contributed by atoms with Gasteiger partial charge in [0.15, 0.2) is 23.1 Å². The van der Waals surface area contributed by atoms with E-state index in [9.17, 15) is 10.1 Å². The lowest BCUT2D eigenvalue weighted by molar-refractivity contribution is -0.111. The second-order valence-electron chi connectivity index (χ2n) is 7.64. The molecule has 0 fully saturated rings. The lowest BCUT2D eigenvalue weighted by atomic mass is 10.1. The number of amides is 1. The molecular formula is C26H23N5O3. The van der Waals surface area contributed by atoms with Crippen LogP contribution in [0.4, 0.5) is 5.82 Å². The third-order valence-corrected chi connectivity index (χ3v) is 5.42. The van der Waals surface area contributed by atoms with Crippen LogP contribution in [-0.4, -0.2) is 34.9 Å². The maximum atomic E-state index is 12.7. The van der Waals surface area contributed by atoms with E-state index in [1.165, 1.54) is 17.0 Å². The number of carbonyl (C=O) groups is 1. The first-order valence-corrected chi connectivity index (χ1v) is 10.5. The smallest absolute Gasteiger partial charge is 0.249 e. The van der Waals surface area contributed by atoms with E-state index in [0.717, 1.165) is 27.6 Å². The monoisotopic (exact) mass is 453 g/mol. The number of aryl methyl sites for hydroxylation is 2. The van der Waals surface area contributed by atoms with Gasteiger partial charge < -0.3 is 14.8 Å². The number of nitriles is 1. The van der Waals surface area contributed by atoms with E-state index >= 15 is 0 Å². The van der Waals surface area contributed by atoms with Crippen LogP contribution in [0.5, 0.6) is 11.5 Å². The molecule has 4 rings (SSSR count). The summed E-state index contributed by atoms with van der Waals surface area (Å²) in [6, 6.07) is 15.3.